The van der Waals surface area contributed by atoms with E-state index in [4.69, 9.17) is 0 Å². The molecule has 1 aliphatic heterocycles. The van der Waals surface area contributed by atoms with Crippen molar-refractivity contribution in [2.24, 2.45) is 0 Å². The molecule has 28 heavy (non-hydrogen) atoms. The van der Waals surface area contributed by atoms with Gasteiger partial charge >= 0.3 is 0 Å². The van der Waals surface area contributed by atoms with Crippen molar-refractivity contribution >= 4 is 34.4 Å². The number of nitrogens with zero attached hydrogens (tertiary/aromatic N) is 2. The van der Waals surface area contributed by atoms with Crippen LogP contribution in [-0.2, 0) is 6.54 Å². The van der Waals surface area contributed by atoms with Crippen molar-refractivity contribution in [1.82, 2.24) is 0 Å². The first-order valence-electron chi connectivity index (χ1n) is 9.73. The zero-order valence-electron chi connectivity index (χ0n) is 17.2. The molecule has 0 atom stereocenters. The zero-order valence-corrected chi connectivity index (χ0v) is 20.2. The maximum atomic E-state index is 2.45. The van der Waals surface area contributed by atoms with Crippen LogP contribution >= 0.6 is 11.8 Å². The molecule has 0 amide bonds. The summed E-state index contributed by atoms with van der Waals surface area (Å²) in [6.07, 6.45) is 2.36. The summed E-state index contributed by atoms with van der Waals surface area (Å²) < 4.78 is 2.42. The zero-order chi connectivity index (χ0) is 19.1. The second-order valence-corrected chi connectivity index (χ2v) is 8.38. The number of aromatic nitrogens is 1. The van der Waals surface area contributed by atoms with E-state index < -0.39 is 0 Å². The van der Waals surface area contributed by atoms with Crippen molar-refractivity contribution in [2.45, 2.75) is 46.1 Å². The third-order valence-electron chi connectivity index (χ3n) is 5.29. The highest BCUT2D eigenvalue weighted by Gasteiger charge is 2.27. The molecule has 0 spiro atoms. The van der Waals surface area contributed by atoms with Gasteiger partial charge in [0.15, 0.2) is 0 Å². The number of aryl methyl sites for hydroxylation is 4. The largest absolute Gasteiger partial charge is 1.00 e. The monoisotopic (exact) mass is 502 g/mol. The fraction of sp³-hybridized carbons (Fsp3) is 0.292. The molecule has 4 rings (SSSR count). The van der Waals surface area contributed by atoms with Crippen LogP contribution in [0.4, 0.5) is 5.69 Å². The van der Waals surface area contributed by atoms with Crippen molar-refractivity contribution in [3.05, 3.63) is 69.9 Å². The number of rotatable bonds is 3. The predicted molar refractivity (Wildman–Crippen MR) is 117 cm³/mol. The van der Waals surface area contributed by atoms with Crippen molar-refractivity contribution in [3.63, 3.8) is 0 Å². The molecule has 4 heteroatoms. The Morgan fingerprint density at radius 3 is 2.43 bits per heavy atom. The summed E-state index contributed by atoms with van der Waals surface area (Å²) in [5.74, 6) is 0. The Labute approximate surface area is 189 Å². The van der Waals surface area contributed by atoms with Crippen LogP contribution in [0.1, 0.15) is 36.2 Å². The van der Waals surface area contributed by atoms with Crippen molar-refractivity contribution < 1.29 is 28.5 Å². The van der Waals surface area contributed by atoms with E-state index in [1.165, 1.54) is 48.9 Å². The molecule has 0 saturated heterocycles. The van der Waals surface area contributed by atoms with Crippen molar-refractivity contribution in [2.75, 3.05) is 11.4 Å². The van der Waals surface area contributed by atoms with Crippen LogP contribution in [0.5, 0.6) is 0 Å². The lowest BCUT2D eigenvalue weighted by Gasteiger charge is -2.20. The summed E-state index contributed by atoms with van der Waals surface area (Å²) in [4.78, 5) is 3.83. The van der Waals surface area contributed by atoms with Gasteiger partial charge in [-0.1, -0.05) is 23.9 Å². The van der Waals surface area contributed by atoms with Gasteiger partial charge in [0.25, 0.3) is 0 Å². The van der Waals surface area contributed by atoms with Gasteiger partial charge < -0.3 is 28.9 Å². The van der Waals surface area contributed by atoms with Gasteiger partial charge in [0, 0.05) is 35.0 Å². The van der Waals surface area contributed by atoms with Gasteiger partial charge in [-0.05, 0) is 69.5 Å². The van der Waals surface area contributed by atoms with E-state index in [1.807, 2.05) is 11.8 Å². The lowest BCUT2D eigenvalue weighted by molar-refractivity contribution is -0.669. The lowest BCUT2D eigenvalue weighted by atomic mass is 10.1. The summed E-state index contributed by atoms with van der Waals surface area (Å²) >= 11 is 1.89. The molecule has 1 aromatic heterocycles. The number of hydrogen-bond donors (Lipinski definition) is 0. The number of fused-ring (bicyclic) bond motifs is 2. The molecule has 0 bridgehead atoms. The third-order valence-corrected chi connectivity index (χ3v) is 6.36. The fourth-order valence-electron chi connectivity index (χ4n) is 4.08. The maximum absolute atomic E-state index is 2.45. The first-order chi connectivity index (χ1) is 13.0. The smallest absolute Gasteiger partial charge is 0.213 e. The van der Waals surface area contributed by atoms with Gasteiger partial charge in [-0.15, -0.1) is 0 Å². The Balaban J connectivity index is 0.00000225. The molecule has 3 aromatic rings. The first-order valence-corrected chi connectivity index (χ1v) is 10.5. The van der Waals surface area contributed by atoms with Crippen LogP contribution in [0.25, 0.3) is 17.0 Å². The maximum Gasteiger partial charge on any atom is 0.213 e. The number of benzene rings is 2. The SMILES string of the molecule is CCN1/C(=C/c2ccc3ccc(C)cc3[n+]2CC)Sc2cc(C)cc(C)c21.[I-]. The molecule has 2 nitrogen and oxygen atoms in total. The minimum atomic E-state index is 0. The molecule has 0 radical (unpaired) electrons. The average molecular weight is 502 g/mol. The highest BCUT2D eigenvalue weighted by Crippen LogP contribution is 2.48. The highest BCUT2D eigenvalue weighted by atomic mass is 127. The topological polar surface area (TPSA) is 7.12 Å². The predicted octanol–water partition coefficient (Wildman–Crippen LogP) is 3.01. The standard InChI is InChI=1S/C24H27N2S.HI/c1-6-25-20(11-10-19-9-8-16(3)13-21(19)25)15-23-26(7-2)24-18(5)12-17(4)14-22(24)27-23;/h8-15H,6-7H2,1-5H3;1H/q+1;/p-1. The molecule has 2 heterocycles. The highest BCUT2D eigenvalue weighted by molar-refractivity contribution is 8.03. The summed E-state index contributed by atoms with van der Waals surface area (Å²) in [5.41, 5.74) is 7.94. The summed E-state index contributed by atoms with van der Waals surface area (Å²) in [6.45, 7) is 13.0. The summed E-state index contributed by atoms with van der Waals surface area (Å²) in [6, 6.07) is 15.8. The van der Waals surface area contributed by atoms with Crippen LogP contribution in [-0.4, -0.2) is 6.54 Å². The second-order valence-electron chi connectivity index (χ2n) is 7.32. The molecular weight excluding hydrogens is 475 g/mol. The Hall–Kier alpha value is -1.53. The fourth-order valence-corrected chi connectivity index (χ4v) is 5.43. The van der Waals surface area contributed by atoms with E-state index in [2.05, 4.69) is 92.6 Å². The Morgan fingerprint density at radius 2 is 1.71 bits per heavy atom. The summed E-state index contributed by atoms with van der Waals surface area (Å²) in [5, 5.41) is 2.61. The van der Waals surface area contributed by atoms with Crippen LogP contribution in [0.2, 0.25) is 0 Å². The molecule has 2 aromatic carbocycles. The van der Waals surface area contributed by atoms with E-state index >= 15 is 0 Å². The molecule has 0 unspecified atom stereocenters. The molecule has 0 aliphatic carbocycles. The summed E-state index contributed by atoms with van der Waals surface area (Å²) in [7, 11) is 0. The Morgan fingerprint density at radius 1 is 0.964 bits per heavy atom. The van der Waals surface area contributed by atoms with E-state index in [0.717, 1.165) is 13.1 Å². The van der Waals surface area contributed by atoms with Crippen LogP contribution in [0.15, 0.2) is 52.4 Å². The minimum Gasteiger partial charge on any atom is -1.00 e. The molecule has 146 valence electrons. The van der Waals surface area contributed by atoms with E-state index in [-0.39, 0.29) is 24.0 Å². The van der Waals surface area contributed by atoms with E-state index in [9.17, 15) is 0 Å². The average Bonchev–Trinajstić information content (AvgIpc) is 2.98. The number of hydrogen-bond acceptors (Lipinski definition) is 2. The Bertz CT molecular complexity index is 1070. The number of anilines is 1. The number of thioether (sulfide) groups is 1. The van der Waals surface area contributed by atoms with Crippen LogP contribution in [0, 0.1) is 20.8 Å². The quantitative estimate of drug-likeness (QED) is 0.402. The lowest BCUT2D eigenvalue weighted by Crippen LogP contribution is -3.00. The number of pyridine rings is 1. The van der Waals surface area contributed by atoms with Gasteiger partial charge in [0.05, 0.1) is 10.7 Å². The van der Waals surface area contributed by atoms with Gasteiger partial charge in [0.2, 0.25) is 11.2 Å². The normalized spacial score (nSPS) is 14.5. The molecule has 0 N–H and O–H groups in total. The van der Waals surface area contributed by atoms with Crippen LogP contribution < -0.4 is 33.4 Å². The van der Waals surface area contributed by atoms with E-state index in [0.29, 0.717) is 0 Å². The molecule has 1 aliphatic rings. The van der Waals surface area contributed by atoms with Crippen molar-refractivity contribution in [3.8, 4) is 0 Å². The number of halogens is 1. The van der Waals surface area contributed by atoms with Gasteiger partial charge in [-0.2, -0.15) is 4.57 Å². The molecular formula is C24H27IN2S. The van der Waals surface area contributed by atoms with Crippen LogP contribution in [0.3, 0.4) is 0 Å². The first kappa shape index (κ1) is 21.2. The second kappa shape index (κ2) is 8.46. The minimum absolute atomic E-state index is 0. The Kier molecular flexibility index (Phi) is 6.40. The van der Waals surface area contributed by atoms with Gasteiger partial charge in [-0.3, -0.25) is 0 Å². The third kappa shape index (κ3) is 3.69. The van der Waals surface area contributed by atoms with Gasteiger partial charge in [-0.25, -0.2) is 0 Å². The van der Waals surface area contributed by atoms with Gasteiger partial charge in [0.1, 0.15) is 6.54 Å². The van der Waals surface area contributed by atoms with E-state index in [1.54, 1.807) is 0 Å². The molecule has 0 saturated carbocycles. The molecule has 0 fully saturated rings. The van der Waals surface area contributed by atoms with Crippen molar-refractivity contribution in [1.29, 1.82) is 0 Å².